The SMILES string of the molecule is Cc1cccc(N2C[C@@H](C(=O)Nc3cnn(C)c3)CC2=O)c1C. The van der Waals surface area contributed by atoms with Gasteiger partial charge in [0.15, 0.2) is 0 Å². The number of carbonyl (C=O) groups excluding carboxylic acids is 2. The minimum Gasteiger partial charge on any atom is -0.323 e. The third kappa shape index (κ3) is 2.97. The van der Waals surface area contributed by atoms with Gasteiger partial charge >= 0.3 is 0 Å². The van der Waals surface area contributed by atoms with E-state index >= 15 is 0 Å². The van der Waals surface area contributed by atoms with Gasteiger partial charge in [0.25, 0.3) is 0 Å². The third-order valence-electron chi connectivity index (χ3n) is 4.34. The van der Waals surface area contributed by atoms with Crippen LogP contribution in [0.4, 0.5) is 11.4 Å². The summed E-state index contributed by atoms with van der Waals surface area (Å²) in [6.45, 7) is 4.43. The van der Waals surface area contributed by atoms with E-state index in [2.05, 4.69) is 10.4 Å². The van der Waals surface area contributed by atoms with Crippen molar-refractivity contribution in [1.82, 2.24) is 9.78 Å². The second-order valence-electron chi connectivity index (χ2n) is 6.02. The molecule has 0 spiro atoms. The maximum Gasteiger partial charge on any atom is 0.229 e. The number of rotatable bonds is 3. The van der Waals surface area contributed by atoms with Crippen molar-refractivity contribution in [3.63, 3.8) is 0 Å². The van der Waals surface area contributed by atoms with Crippen LogP contribution in [-0.2, 0) is 16.6 Å². The lowest BCUT2D eigenvalue weighted by Gasteiger charge is -2.20. The van der Waals surface area contributed by atoms with Crippen LogP contribution in [0.1, 0.15) is 17.5 Å². The molecule has 2 aromatic rings. The van der Waals surface area contributed by atoms with E-state index in [0.717, 1.165) is 16.8 Å². The Labute approximate surface area is 135 Å². The average molecular weight is 312 g/mol. The Hall–Kier alpha value is -2.63. The molecule has 0 radical (unpaired) electrons. The maximum atomic E-state index is 12.4. The number of anilines is 2. The van der Waals surface area contributed by atoms with Crippen molar-refractivity contribution in [3.8, 4) is 0 Å². The van der Waals surface area contributed by atoms with Crippen molar-refractivity contribution in [2.75, 3.05) is 16.8 Å². The van der Waals surface area contributed by atoms with Crippen LogP contribution in [0.15, 0.2) is 30.6 Å². The number of hydrogen-bond donors (Lipinski definition) is 1. The van der Waals surface area contributed by atoms with Gasteiger partial charge in [-0.25, -0.2) is 0 Å². The number of nitrogens with one attached hydrogen (secondary N) is 1. The maximum absolute atomic E-state index is 12.4. The zero-order valence-electron chi connectivity index (χ0n) is 13.5. The molecule has 1 aliphatic rings. The smallest absolute Gasteiger partial charge is 0.229 e. The molecular formula is C17H20N4O2. The summed E-state index contributed by atoms with van der Waals surface area (Å²) in [7, 11) is 1.79. The fourth-order valence-corrected chi connectivity index (χ4v) is 2.87. The minimum absolute atomic E-state index is 0.00923. The van der Waals surface area contributed by atoms with Crippen molar-refractivity contribution in [3.05, 3.63) is 41.7 Å². The number of amides is 2. The van der Waals surface area contributed by atoms with Crippen LogP contribution < -0.4 is 10.2 Å². The van der Waals surface area contributed by atoms with Gasteiger partial charge in [0.1, 0.15) is 0 Å². The molecule has 6 nitrogen and oxygen atoms in total. The number of aromatic nitrogens is 2. The zero-order valence-corrected chi connectivity index (χ0v) is 13.5. The quantitative estimate of drug-likeness (QED) is 0.943. The van der Waals surface area contributed by atoms with Crippen LogP contribution in [-0.4, -0.2) is 28.1 Å². The van der Waals surface area contributed by atoms with E-state index in [1.54, 1.807) is 29.0 Å². The van der Waals surface area contributed by atoms with Crippen molar-refractivity contribution >= 4 is 23.2 Å². The molecule has 1 aromatic heterocycles. The molecule has 23 heavy (non-hydrogen) atoms. The van der Waals surface area contributed by atoms with Crippen molar-refractivity contribution in [1.29, 1.82) is 0 Å². The molecule has 1 N–H and O–H groups in total. The van der Waals surface area contributed by atoms with E-state index in [9.17, 15) is 9.59 Å². The molecule has 2 amide bonds. The van der Waals surface area contributed by atoms with Crippen molar-refractivity contribution < 1.29 is 9.59 Å². The lowest BCUT2D eigenvalue weighted by atomic mass is 10.1. The molecule has 0 bridgehead atoms. The normalized spacial score (nSPS) is 17.6. The van der Waals surface area contributed by atoms with E-state index in [1.807, 2.05) is 32.0 Å². The molecule has 0 unspecified atom stereocenters. The van der Waals surface area contributed by atoms with Crippen LogP contribution in [0, 0.1) is 19.8 Å². The van der Waals surface area contributed by atoms with Crippen LogP contribution in [0.5, 0.6) is 0 Å². The molecule has 1 atom stereocenters. The Kier molecular flexibility index (Phi) is 3.90. The van der Waals surface area contributed by atoms with Gasteiger partial charge in [-0.05, 0) is 31.0 Å². The predicted octanol–water partition coefficient (Wildman–Crippen LogP) is 2.03. The second kappa shape index (κ2) is 5.87. The molecule has 1 saturated heterocycles. The summed E-state index contributed by atoms with van der Waals surface area (Å²) in [6.07, 6.45) is 3.56. The molecule has 0 aliphatic carbocycles. The molecule has 0 saturated carbocycles. The van der Waals surface area contributed by atoms with Crippen molar-refractivity contribution in [2.45, 2.75) is 20.3 Å². The molecule has 6 heteroatoms. The average Bonchev–Trinajstić information content (AvgIpc) is 3.08. The molecule has 3 rings (SSSR count). The summed E-state index contributed by atoms with van der Waals surface area (Å²) in [4.78, 5) is 26.4. The summed E-state index contributed by atoms with van der Waals surface area (Å²) >= 11 is 0. The van der Waals surface area contributed by atoms with Gasteiger partial charge in [0.05, 0.1) is 17.8 Å². The zero-order chi connectivity index (χ0) is 16.6. The summed E-state index contributed by atoms with van der Waals surface area (Å²) in [6, 6.07) is 5.89. The minimum atomic E-state index is -0.345. The van der Waals surface area contributed by atoms with Gasteiger partial charge in [-0.1, -0.05) is 12.1 Å². The highest BCUT2D eigenvalue weighted by molar-refractivity contribution is 6.03. The largest absolute Gasteiger partial charge is 0.323 e. The third-order valence-corrected chi connectivity index (χ3v) is 4.34. The second-order valence-corrected chi connectivity index (χ2v) is 6.02. The number of nitrogens with zero attached hydrogens (tertiary/aromatic N) is 3. The molecular weight excluding hydrogens is 292 g/mol. The van der Waals surface area contributed by atoms with Gasteiger partial charge in [0, 0.05) is 31.9 Å². The topological polar surface area (TPSA) is 67.2 Å². The molecule has 1 aromatic carbocycles. The Balaban J connectivity index is 1.74. The van der Waals surface area contributed by atoms with Gasteiger partial charge < -0.3 is 10.2 Å². The first-order valence-electron chi connectivity index (χ1n) is 7.62. The van der Waals surface area contributed by atoms with Gasteiger partial charge in [-0.3, -0.25) is 14.3 Å². The standard InChI is InChI=1S/C17H20N4O2/c1-11-5-4-6-15(12(11)2)21-9-13(7-16(21)22)17(23)19-14-8-18-20(3)10-14/h4-6,8,10,13H,7,9H2,1-3H3,(H,19,23)/t13-/m0/s1. The number of hydrogen-bond acceptors (Lipinski definition) is 3. The van der Waals surface area contributed by atoms with Crippen LogP contribution in [0.3, 0.4) is 0 Å². The summed E-state index contributed by atoms with van der Waals surface area (Å²) < 4.78 is 1.62. The highest BCUT2D eigenvalue weighted by Gasteiger charge is 2.35. The van der Waals surface area contributed by atoms with Crippen LogP contribution >= 0.6 is 0 Å². The van der Waals surface area contributed by atoms with E-state index < -0.39 is 0 Å². The van der Waals surface area contributed by atoms with E-state index in [-0.39, 0.29) is 24.2 Å². The summed E-state index contributed by atoms with van der Waals surface area (Å²) in [5.41, 5.74) is 3.76. The monoisotopic (exact) mass is 312 g/mol. The van der Waals surface area contributed by atoms with Crippen LogP contribution in [0.25, 0.3) is 0 Å². The highest BCUT2D eigenvalue weighted by atomic mass is 16.2. The fourth-order valence-electron chi connectivity index (χ4n) is 2.87. The summed E-state index contributed by atoms with van der Waals surface area (Å²) in [5, 5.41) is 6.84. The first kappa shape index (κ1) is 15.3. The first-order valence-corrected chi connectivity index (χ1v) is 7.62. The van der Waals surface area contributed by atoms with E-state index in [4.69, 9.17) is 0 Å². The number of carbonyl (C=O) groups is 2. The Morgan fingerprint density at radius 3 is 2.83 bits per heavy atom. The van der Waals surface area contributed by atoms with Gasteiger partial charge in [0.2, 0.25) is 11.8 Å². The highest BCUT2D eigenvalue weighted by Crippen LogP contribution is 2.29. The first-order chi connectivity index (χ1) is 11.0. The molecule has 2 heterocycles. The van der Waals surface area contributed by atoms with E-state index in [0.29, 0.717) is 12.2 Å². The van der Waals surface area contributed by atoms with Crippen LogP contribution in [0.2, 0.25) is 0 Å². The predicted molar refractivity (Wildman–Crippen MR) is 88.2 cm³/mol. The lowest BCUT2D eigenvalue weighted by molar-refractivity contribution is -0.122. The van der Waals surface area contributed by atoms with Gasteiger partial charge in [-0.2, -0.15) is 5.10 Å². The van der Waals surface area contributed by atoms with Crippen molar-refractivity contribution in [2.24, 2.45) is 13.0 Å². The van der Waals surface area contributed by atoms with Gasteiger partial charge in [-0.15, -0.1) is 0 Å². The summed E-state index contributed by atoms with van der Waals surface area (Å²) in [5.74, 6) is -0.494. The fraction of sp³-hybridized carbons (Fsp3) is 0.353. The Morgan fingerprint density at radius 2 is 2.13 bits per heavy atom. The molecule has 1 fully saturated rings. The number of aryl methyl sites for hydroxylation is 2. The number of benzene rings is 1. The lowest BCUT2D eigenvalue weighted by Crippen LogP contribution is -2.28. The Bertz CT molecular complexity index is 766. The molecule has 120 valence electrons. The van der Waals surface area contributed by atoms with E-state index in [1.165, 1.54) is 0 Å². The Morgan fingerprint density at radius 1 is 1.35 bits per heavy atom. The molecule has 1 aliphatic heterocycles.